The molecule has 2 aliphatic rings. The Kier molecular flexibility index (Phi) is 7.78. The molecule has 0 aliphatic carbocycles. The summed E-state index contributed by atoms with van der Waals surface area (Å²) >= 11 is 0. The van der Waals surface area contributed by atoms with Crippen LogP contribution in [-0.2, 0) is 16.5 Å². The number of esters is 1. The van der Waals surface area contributed by atoms with Crippen molar-refractivity contribution in [2.24, 2.45) is 0 Å². The lowest BCUT2D eigenvalue weighted by Gasteiger charge is -2.38. The second kappa shape index (κ2) is 11.6. The standard InChI is InChI=1S/C36H35F3N2O3/c1-4-6-18-41(19-7-5-2)26-16-17-29-33(21-26)43-32-20-23(3)31(40-25-14-12-24(13-15-25)36(37,38)39)22-30(32)35(29)28-11-9-8-10-27(28)34(42)44-35/h8-17,20-22,40H,4-7,18-19H2,1-3H3. The van der Waals surface area contributed by atoms with E-state index >= 15 is 0 Å². The molecule has 0 saturated heterocycles. The van der Waals surface area contributed by atoms with Crippen LogP contribution in [0.2, 0.25) is 0 Å². The lowest BCUT2D eigenvalue weighted by atomic mass is 9.77. The molecule has 228 valence electrons. The predicted octanol–water partition coefficient (Wildman–Crippen LogP) is 9.73. The van der Waals surface area contributed by atoms with Crippen LogP contribution in [0.3, 0.4) is 0 Å². The van der Waals surface area contributed by atoms with Crippen molar-refractivity contribution in [1.29, 1.82) is 0 Å². The van der Waals surface area contributed by atoms with E-state index in [0.29, 0.717) is 34.0 Å². The molecule has 1 unspecified atom stereocenters. The SMILES string of the molecule is CCCCN(CCCC)c1ccc2c(c1)Oc1cc(C)c(Nc3ccc(C(F)(F)F)cc3)cc1C21OC(=O)c2ccccc21. The number of alkyl halides is 3. The number of benzene rings is 4. The molecular weight excluding hydrogens is 565 g/mol. The van der Waals surface area contributed by atoms with Crippen molar-refractivity contribution in [1.82, 2.24) is 0 Å². The van der Waals surface area contributed by atoms with E-state index in [-0.39, 0.29) is 0 Å². The molecule has 0 radical (unpaired) electrons. The zero-order chi connectivity index (χ0) is 31.1. The minimum atomic E-state index is -4.42. The van der Waals surface area contributed by atoms with Gasteiger partial charge in [0, 0.05) is 52.9 Å². The van der Waals surface area contributed by atoms with Crippen molar-refractivity contribution < 1.29 is 27.4 Å². The fourth-order valence-electron chi connectivity index (χ4n) is 6.11. The summed E-state index contributed by atoms with van der Waals surface area (Å²) in [5, 5.41) is 3.26. The van der Waals surface area contributed by atoms with Crippen molar-refractivity contribution in [2.75, 3.05) is 23.3 Å². The van der Waals surface area contributed by atoms with E-state index in [0.717, 1.165) is 73.3 Å². The zero-order valence-electron chi connectivity index (χ0n) is 25.1. The molecule has 0 saturated carbocycles. The first-order chi connectivity index (χ1) is 21.2. The molecular formula is C36H35F3N2O3. The lowest BCUT2D eigenvalue weighted by molar-refractivity contribution is -0.137. The van der Waals surface area contributed by atoms with Gasteiger partial charge in [0.05, 0.1) is 11.1 Å². The molecule has 0 bridgehead atoms. The van der Waals surface area contributed by atoms with Gasteiger partial charge in [-0.2, -0.15) is 13.2 Å². The number of rotatable bonds is 9. The van der Waals surface area contributed by atoms with Gasteiger partial charge in [0.1, 0.15) is 11.5 Å². The number of ether oxygens (including phenoxy) is 2. The molecule has 1 spiro atoms. The highest BCUT2D eigenvalue weighted by Gasteiger charge is 2.53. The monoisotopic (exact) mass is 600 g/mol. The average Bonchev–Trinajstić information content (AvgIpc) is 3.30. The Hall–Kier alpha value is -4.46. The number of unbranched alkanes of at least 4 members (excludes halogenated alkanes) is 2. The zero-order valence-corrected chi connectivity index (χ0v) is 25.1. The van der Waals surface area contributed by atoms with E-state index in [1.807, 2.05) is 49.4 Å². The summed E-state index contributed by atoms with van der Waals surface area (Å²) in [6, 6.07) is 22.2. The van der Waals surface area contributed by atoms with E-state index in [4.69, 9.17) is 9.47 Å². The molecule has 4 aromatic carbocycles. The number of carbonyl (C=O) groups excluding carboxylic acids is 1. The number of hydrogen-bond acceptors (Lipinski definition) is 5. The van der Waals surface area contributed by atoms with Crippen LogP contribution in [0.25, 0.3) is 0 Å². The summed E-state index contributed by atoms with van der Waals surface area (Å²) < 4.78 is 52.4. The molecule has 5 nitrogen and oxygen atoms in total. The van der Waals surface area contributed by atoms with Crippen molar-refractivity contribution in [3.05, 3.63) is 112 Å². The molecule has 0 amide bonds. The maximum atomic E-state index is 13.3. The Labute approximate surface area is 255 Å². The minimum absolute atomic E-state index is 0.422. The summed E-state index contributed by atoms with van der Waals surface area (Å²) in [5.74, 6) is 0.762. The molecule has 1 atom stereocenters. The molecule has 44 heavy (non-hydrogen) atoms. The van der Waals surface area contributed by atoms with Crippen LogP contribution in [-0.4, -0.2) is 19.1 Å². The highest BCUT2D eigenvalue weighted by atomic mass is 19.4. The van der Waals surface area contributed by atoms with E-state index in [1.165, 1.54) is 12.1 Å². The molecule has 0 aromatic heterocycles. The number of hydrogen-bond donors (Lipinski definition) is 1. The predicted molar refractivity (Wildman–Crippen MR) is 166 cm³/mol. The van der Waals surface area contributed by atoms with Crippen LogP contribution in [0.5, 0.6) is 11.5 Å². The summed E-state index contributed by atoms with van der Waals surface area (Å²) in [4.78, 5) is 15.7. The van der Waals surface area contributed by atoms with Gasteiger partial charge in [0.15, 0.2) is 5.60 Å². The maximum absolute atomic E-state index is 13.3. The van der Waals surface area contributed by atoms with Gasteiger partial charge in [-0.15, -0.1) is 0 Å². The van der Waals surface area contributed by atoms with Crippen molar-refractivity contribution in [3.8, 4) is 11.5 Å². The Balaban J connectivity index is 1.47. The number of nitrogens with one attached hydrogen (secondary N) is 1. The van der Waals surface area contributed by atoms with Gasteiger partial charge in [-0.3, -0.25) is 0 Å². The van der Waals surface area contributed by atoms with Gasteiger partial charge in [0.2, 0.25) is 0 Å². The molecule has 6 rings (SSSR count). The van der Waals surface area contributed by atoms with Gasteiger partial charge in [0.25, 0.3) is 0 Å². The molecule has 2 heterocycles. The number of nitrogens with zero attached hydrogens (tertiary/aromatic N) is 1. The first-order valence-corrected chi connectivity index (χ1v) is 15.1. The van der Waals surface area contributed by atoms with Gasteiger partial charge < -0.3 is 19.7 Å². The Morgan fingerprint density at radius 1 is 0.818 bits per heavy atom. The van der Waals surface area contributed by atoms with Gasteiger partial charge in [-0.05, 0) is 79.9 Å². The molecule has 8 heteroatoms. The third-order valence-corrected chi connectivity index (χ3v) is 8.46. The van der Waals surface area contributed by atoms with Crippen molar-refractivity contribution >= 4 is 23.0 Å². The topological polar surface area (TPSA) is 50.8 Å². The third kappa shape index (κ3) is 5.16. The Morgan fingerprint density at radius 3 is 2.18 bits per heavy atom. The first kappa shape index (κ1) is 29.6. The fraction of sp³-hybridized carbons (Fsp3) is 0.306. The van der Waals surface area contributed by atoms with Gasteiger partial charge in [-0.1, -0.05) is 44.9 Å². The van der Waals surface area contributed by atoms with Crippen LogP contribution in [0.15, 0.2) is 78.9 Å². The number of carbonyl (C=O) groups is 1. The molecule has 2 aliphatic heterocycles. The molecule has 1 N–H and O–H groups in total. The van der Waals surface area contributed by atoms with Crippen LogP contribution in [0.1, 0.15) is 77.7 Å². The highest BCUT2D eigenvalue weighted by Crippen LogP contribution is 2.57. The largest absolute Gasteiger partial charge is 0.456 e. The normalized spacial score (nSPS) is 16.5. The minimum Gasteiger partial charge on any atom is -0.456 e. The van der Waals surface area contributed by atoms with E-state index < -0.39 is 23.3 Å². The van der Waals surface area contributed by atoms with E-state index in [9.17, 15) is 18.0 Å². The number of halogens is 3. The maximum Gasteiger partial charge on any atom is 0.416 e. The fourth-order valence-corrected chi connectivity index (χ4v) is 6.11. The van der Waals surface area contributed by atoms with Crippen molar-refractivity contribution in [3.63, 3.8) is 0 Å². The quantitative estimate of drug-likeness (QED) is 0.194. The summed E-state index contributed by atoms with van der Waals surface area (Å²) in [5.41, 5.74) is 3.65. The Bertz CT molecular complexity index is 1690. The number of anilines is 3. The smallest absolute Gasteiger partial charge is 0.416 e. The van der Waals surface area contributed by atoms with Crippen LogP contribution in [0, 0.1) is 6.92 Å². The average molecular weight is 601 g/mol. The number of aryl methyl sites for hydroxylation is 1. The second-order valence-electron chi connectivity index (χ2n) is 11.5. The molecule has 0 fully saturated rings. The van der Waals surface area contributed by atoms with Crippen LogP contribution < -0.4 is 15.0 Å². The van der Waals surface area contributed by atoms with E-state index in [2.05, 4.69) is 30.1 Å². The third-order valence-electron chi connectivity index (χ3n) is 8.46. The summed E-state index contributed by atoms with van der Waals surface area (Å²) in [6.45, 7) is 8.15. The summed E-state index contributed by atoms with van der Waals surface area (Å²) in [6.07, 6.45) is -0.0779. The highest BCUT2D eigenvalue weighted by molar-refractivity contribution is 5.97. The van der Waals surface area contributed by atoms with Crippen molar-refractivity contribution in [2.45, 2.75) is 58.2 Å². The first-order valence-electron chi connectivity index (χ1n) is 15.1. The second-order valence-corrected chi connectivity index (χ2v) is 11.5. The number of fused-ring (bicyclic) bond motifs is 6. The van der Waals surface area contributed by atoms with Gasteiger partial charge >= 0.3 is 12.1 Å². The van der Waals surface area contributed by atoms with Gasteiger partial charge in [-0.25, -0.2) is 4.79 Å². The van der Waals surface area contributed by atoms with E-state index in [1.54, 1.807) is 6.07 Å². The summed E-state index contributed by atoms with van der Waals surface area (Å²) in [7, 11) is 0. The lowest BCUT2D eigenvalue weighted by Crippen LogP contribution is -2.33. The molecule has 4 aromatic rings. The van der Waals surface area contributed by atoms with Crippen LogP contribution in [0.4, 0.5) is 30.2 Å². The van der Waals surface area contributed by atoms with Crippen LogP contribution >= 0.6 is 0 Å². The Morgan fingerprint density at radius 2 is 1.50 bits per heavy atom.